The quantitative estimate of drug-likeness (QED) is 0.781. The fourth-order valence-corrected chi connectivity index (χ4v) is 2.91. The van der Waals surface area contributed by atoms with Crippen LogP contribution in [0.1, 0.15) is 44.1 Å². The zero-order valence-electron chi connectivity index (χ0n) is 13.4. The highest BCUT2D eigenvalue weighted by molar-refractivity contribution is 5.28. The molecule has 0 aliphatic heterocycles. The van der Waals surface area contributed by atoms with Crippen LogP contribution in [0.5, 0.6) is 5.75 Å². The Morgan fingerprint density at radius 3 is 2.71 bits per heavy atom. The van der Waals surface area contributed by atoms with Gasteiger partial charge in [0.1, 0.15) is 12.0 Å². The summed E-state index contributed by atoms with van der Waals surface area (Å²) in [5, 5.41) is 9.83. The van der Waals surface area contributed by atoms with Crippen LogP contribution < -0.4 is 4.74 Å². The molecule has 0 spiro atoms. The summed E-state index contributed by atoms with van der Waals surface area (Å²) >= 11 is 0. The van der Waals surface area contributed by atoms with Crippen LogP contribution >= 0.6 is 0 Å². The Morgan fingerprint density at radius 1 is 1.24 bits per heavy atom. The Kier molecular flexibility index (Phi) is 6.52. The highest BCUT2D eigenvalue weighted by Gasteiger charge is 2.14. The maximum atomic E-state index is 9.83. The monoisotopic (exact) mass is 291 g/mol. The Labute approximate surface area is 128 Å². The van der Waals surface area contributed by atoms with E-state index < -0.39 is 0 Å². The third kappa shape index (κ3) is 5.68. The molecule has 1 aromatic rings. The Balaban J connectivity index is 1.79. The molecule has 1 saturated carbocycles. The van der Waals surface area contributed by atoms with Crippen molar-refractivity contribution in [1.82, 2.24) is 4.90 Å². The number of nitrogens with zero attached hydrogens (tertiary/aromatic N) is 1. The van der Waals surface area contributed by atoms with Crippen molar-refractivity contribution < 1.29 is 9.84 Å². The van der Waals surface area contributed by atoms with E-state index in [0.29, 0.717) is 0 Å². The van der Waals surface area contributed by atoms with Crippen molar-refractivity contribution >= 4 is 0 Å². The van der Waals surface area contributed by atoms with Crippen molar-refractivity contribution in [1.29, 1.82) is 0 Å². The minimum Gasteiger partial charge on any atom is -0.493 e. The van der Waals surface area contributed by atoms with Gasteiger partial charge in [-0.05, 0) is 63.4 Å². The van der Waals surface area contributed by atoms with Gasteiger partial charge in [-0.15, -0.1) is 0 Å². The SMILES string of the molecule is CN(C)C(O)CCc1cccc(OCC2CCCCC2)c1. The van der Waals surface area contributed by atoms with E-state index in [1.807, 2.05) is 31.1 Å². The second kappa shape index (κ2) is 8.40. The molecule has 21 heavy (non-hydrogen) atoms. The number of ether oxygens (including phenoxy) is 1. The maximum Gasteiger partial charge on any atom is 0.119 e. The molecule has 2 rings (SSSR count). The Hall–Kier alpha value is -1.06. The Bertz CT molecular complexity index is 413. The average Bonchev–Trinajstić information content (AvgIpc) is 2.52. The van der Waals surface area contributed by atoms with Gasteiger partial charge in [0, 0.05) is 0 Å². The number of aliphatic hydroxyl groups excluding tert-OH is 1. The van der Waals surface area contributed by atoms with Crippen LogP contribution in [0.3, 0.4) is 0 Å². The zero-order chi connectivity index (χ0) is 15.1. The van der Waals surface area contributed by atoms with E-state index in [4.69, 9.17) is 4.74 Å². The second-order valence-electron chi connectivity index (χ2n) is 6.45. The topological polar surface area (TPSA) is 32.7 Å². The van der Waals surface area contributed by atoms with Gasteiger partial charge in [0.2, 0.25) is 0 Å². The lowest BCUT2D eigenvalue weighted by Crippen LogP contribution is -2.27. The molecule has 1 fully saturated rings. The summed E-state index contributed by atoms with van der Waals surface area (Å²) in [4.78, 5) is 1.84. The first-order chi connectivity index (χ1) is 10.1. The van der Waals surface area contributed by atoms with Crippen molar-refractivity contribution in [2.45, 2.75) is 51.2 Å². The summed E-state index contributed by atoms with van der Waals surface area (Å²) in [6, 6.07) is 8.31. The van der Waals surface area contributed by atoms with E-state index in [2.05, 4.69) is 12.1 Å². The molecule has 1 N–H and O–H groups in total. The van der Waals surface area contributed by atoms with E-state index in [1.54, 1.807) is 0 Å². The molecule has 3 nitrogen and oxygen atoms in total. The molecule has 0 radical (unpaired) electrons. The molecular formula is C18H29NO2. The third-order valence-electron chi connectivity index (χ3n) is 4.40. The molecule has 1 aliphatic carbocycles. The van der Waals surface area contributed by atoms with Gasteiger partial charge in [-0.1, -0.05) is 31.4 Å². The summed E-state index contributed by atoms with van der Waals surface area (Å²) in [5.74, 6) is 1.70. The molecule has 0 aromatic heterocycles. The lowest BCUT2D eigenvalue weighted by Gasteiger charge is -2.22. The van der Waals surface area contributed by atoms with Gasteiger partial charge in [0.15, 0.2) is 0 Å². The number of benzene rings is 1. The molecule has 118 valence electrons. The zero-order valence-corrected chi connectivity index (χ0v) is 13.4. The van der Waals surface area contributed by atoms with Crippen LogP contribution in [0, 0.1) is 5.92 Å². The molecule has 1 aliphatic rings. The highest BCUT2D eigenvalue weighted by Crippen LogP contribution is 2.25. The average molecular weight is 291 g/mol. The van der Waals surface area contributed by atoms with Crippen molar-refractivity contribution in [2.75, 3.05) is 20.7 Å². The predicted molar refractivity (Wildman–Crippen MR) is 86.5 cm³/mol. The van der Waals surface area contributed by atoms with Crippen LogP contribution in [0.15, 0.2) is 24.3 Å². The van der Waals surface area contributed by atoms with Gasteiger partial charge in [-0.2, -0.15) is 0 Å². The fraction of sp³-hybridized carbons (Fsp3) is 0.667. The van der Waals surface area contributed by atoms with Crippen LogP contribution in [0.4, 0.5) is 0 Å². The smallest absolute Gasteiger partial charge is 0.119 e. The van der Waals surface area contributed by atoms with E-state index in [9.17, 15) is 5.11 Å². The minimum atomic E-state index is -0.378. The van der Waals surface area contributed by atoms with E-state index >= 15 is 0 Å². The number of hydrogen-bond acceptors (Lipinski definition) is 3. The standard InChI is InChI=1S/C18H29NO2/c1-19(2)18(20)12-11-15-9-6-10-17(13-15)21-14-16-7-4-3-5-8-16/h6,9-10,13,16,18,20H,3-5,7-8,11-12,14H2,1-2H3. The van der Waals surface area contributed by atoms with Gasteiger partial charge in [-0.3, -0.25) is 4.90 Å². The third-order valence-corrected chi connectivity index (χ3v) is 4.40. The maximum absolute atomic E-state index is 9.83. The number of hydrogen-bond donors (Lipinski definition) is 1. The number of aryl methyl sites for hydroxylation is 1. The normalized spacial score (nSPS) is 17.9. The van der Waals surface area contributed by atoms with E-state index in [0.717, 1.165) is 31.1 Å². The van der Waals surface area contributed by atoms with Gasteiger partial charge in [0.05, 0.1) is 6.61 Å². The van der Waals surface area contributed by atoms with Crippen molar-refractivity contribution in [3.8, 4) is 5.75 Å². The van der Waals surface area contributed by atoms with Crippen LogP contribution in [-0.2, 0) is 6.42 Å². The number of aliphatic hydroxyl groups is 1. The first-order valence-corrected chi connectivity index (χ1v) is 8.21. The molecule has 0 bridgehead atoms. The van der Waals surface area contributed by atoms with Gasteiger partial charge < -0.3 is 9.84 Å². The highest BCUT2D eigenvalue weighted by atomic mass is 16.5. The van der Waals surface area contributed by atoms with E-state index in [1.165, 1.54) is 37.7 Å². The summed E-state index contributed by atoms with van der Waals surface area (Å²) in [5.41, 5.74) is 1.23. The first-order valence-electron chi connectivity index (χ1n) is 8.21. The second-order valence-corrected chi connectivity index (χ2v) is 6.45. The fourth-order valence-electron chi connectivity index (χ4n) is 2.91. The molecule has 1 aromatic carbocycles. The molecular weight excluding hydrogens is 262 g/mol. The molecule has 1 atom stereocenters. The molecule has 0 amide bonds. The first kappa shape index (κ1) is 16.3. The largest absolute Gasteiger partial charge is 0.493 e. The minimum absolute atomic E-state index is 0.378. The van der Waals surface area contributed by atoms with Crippen LogP contribution in [0.2, 0.25) is 0 Å². The van der Waals surface area contributed by atoms with Crippen molar-refractivity contribution in [3.63, 3.8) is 0 Å². The lowest BCUT2D eigenvalue weighted by molar-refractivity contribution is 0.0337. The summed E-state index contributed by atoms with van der Waals surface area (Å²) in [6.07, 6.45) is 7.98. The van der Waals surface area contributed by atoms with Crippen molar-refractivity contribution in [3.05, 3.63) is 29.8 Å². The van der Waals surface area contributed by atoms with Crippen molar-refractivity contribution in [2.24, 2.45) is 5.92 Å². The lowest BCUT2D eigenvalue weighted by atomic mass is 9.90. The molecule has 3 heteroatoms. The van der Waals surface area contributed by atoms with Gasteiger partial charge in [0.25, 0.3) is 0 Å². The molecule has 1 unspecified atom stereocenters. The molecule has 0 saturated heterocycles. The summed E-state index contributed by atoms with van der Waals surface area (Å²) < 4.78 is 5.97. The van der Waals surface area contributed by atoms with Gasteiger partial charge in [-0.25, -0.2) is 0 Å². The van der Waals surface area contributed by atoms with E-state index in [-0.39, 0.29) is 6.23 Å². The number of rotatable bonds is 7. The predicted octanol–water partition coefficient (Wildman–Crippen LogP) is 3.46. The summed E-state index contributed by atoms with van der Waals surface area (Å²) in [6.45, 7) is 0.851. The Morgan fingerprint density at radius 2 is 2.00 bits per heavy atom. The van der Waals surface area contributed by atoms with Gasteiger partial charge >= 0.3 is 0 Å². The summed E-state index contributed by atoms with van der Waals surface area (Å²) in [7, 11) is 3.79. The van der Waals surface area contributed by atoms with Crippen LogP contribution in [-0.4, -0.2) is 36.9 Å². The van der Waals surface area contributed by atoms with Crippen LogP contribution in [0.25, 0.3) is 0 Å². The molecule has 0 heterocycles.